The van der Waals surface area contributed by atoms with Gasteiger partial charge < -0.3 is 9.47 Å². The van der Waals surface area contributed by atoms with Crippen LogP contribution in [0.5, 0.6) is 0 Å². The van der Waals surface area contributed by atoms with E-state index in [0.29, 0.717) is 12.5 Å². The van der Waals surface area contributed by atoms with E-state index in [9.17, 15) is 9.59 Å². The molecule has 0 saturated heterocycles. The molecule has 2 heterocycles. The Morgan fingerprint density at radius 3 is 2.75 bits per heavy atom. The van der Waals surface area contributed by atoms with Gasteiger partial charge in [0.2, 0.25) is 0 Å². The summed E-state index contributed by atoms with van der Waals surface area (Å²) in [7, 11) is 1.79. The average Bonchev–Trinajstić information content (AvgIpc) is 3.34. The Kier molecular flexibility index (Phi) is 4.58. The zero-order valence-electron chi connectivity index (χ0n) is 14.6. The van der Waals surface area contributed by atoms with Crippen molar-refractivity contribution in [3.8, 4) is 0 Å². The highest BCUT2D eigenvalue weighted by molar-refractivity contribution is 7.11. The molecule has 0 unspecified atom stereocenters. The van der Waals surface area contributed by atoms with Crippen LogP contribution in [0.1, 0.15) is 45.7 Å². The molecule has 0 aliphatic heterocycles. The fourth-order valence-electron chi connectivity index (χ4n) is 2.97. The molecule has 2 aromatic heterocycles. The summed E-state index contributed by atoms with van der Waals surface area (Å²) in [4.78, 5) is 32.6. The zero-order valence-corrected chi connectivity index (χ0v) is 15.4. The SMILES string of the molecule is Cc1nc(C)c(Cn2cccc(C(=O)N(C)[C@@H](C)C3CC3)c2=O)s1. The summed E-state index contributed by atoms with van der Waals surface area (Å²) in [5.74, 6) is 0.388. The minimum Gasteiger partial charge on any atom is -0.339 e. The van der Waals surface area contributed by atoms with Crippen molar-refractivity contribution in [1.82, 2.24) is 14.5 Å². The molecule has 0 radical (unpaired) electrons. The Morgan fingerprint density at radius 1 is 1.46 bits per heavy atom. The maximum Gasteiger partial charge on any atom is 0.263 e. The van der Waals surface area contributed by atoms with Crippen LogP contribution in [-0.4, -0.2) is 33.4 Å². The quantitative estimate of drug-likeness (QED) is 0.837. The maximum atomic E-state index is 12.7. The van der Waals surface area contributed by atoms with Crippen LogP contribution in [0.2, 0.25) is 0 Å². The molecule has 0 aromatic carbocycles. The molecule has 1 atom stereocenters. The van der Waals surface area contributed by atoms with Crippen molar-refractivity contribution < 1.29 is 4.79 Å². The molecule has 128 valence electrons. The van der Waals surface area contributed by atoms with Crippen molar-refractivity contribution in [3.05, 3.63) is 49.8 Å². The fraction of sp³-hybridized carbons (Fsp3) is 0.500. The van der Waals surface area contributed by atoms with Gasteiger partial charge in [-0.1, -0.05) is 0 Å². The molecule has 1 aliphatic rings. The second kappa shape index (κ2) is 6.51. The molecule has 6 heteroatoms. The zero-order chi connectivity index (χ0) is 17.4. The highest BCUT2D eigenvalue weighted by Crippen LogP contribution is 2.34. The molecular formula is C18H23N3O2S. The first-order valence-corrected chi connectivity index (χ1v) is 9.09. The number of carbonyl (C=O) groups excluding carboxylic acids is 1. The lowest BCUT2D eigenvalue weighted by molar-refractivity contribution is 0.0725. The van der Waals surface area contributed by atoms with Crippen LogP contribution in [0.15, 0.2) is 23.1 Å². The second-order valence-electron chi connectivity index (χ2n) is 6.59. The molecule has 3 rings (SSSR count). The van der Waals surface area contributed by atoms with Crippen LogP contribution in [0.25, 0.3) is 0 Å². The largest absolute Gasteiger partial charge is 0.339 e. The van der Waals surface area contributed by atoms with Gasteiger partial charge in [0.1, 0.15) is 5.56 Å². The van der Waals surface area contributed by atoms with Gasteiger partial charge in [-0.25, -0.2) is 4.98 Å². The van der Waals surface area contributed by atoms with Gasteiger partial charge in [-0.3, -0.25) is 9.59 Å². The third-order valence-electron chi connectivity index (χ3n) is 4.80. The maximum absolute atomic E-state index is 12.7. The predicted octanol–water partition coefficient (Wildman–Crippen LogP) is 2.84. The van der Waals surface area contributed by atoms with Crippen molar-refractivity contribution in [3.63, 3.8) is 0 Å². The molecule has 0 spiro atoms. The first kappa shape index (κ1) is 16.9. The fourth-order valence-corrected chi connectivity index (χ4v) is 3.90. The Morgan fingerprint density at radius 2 is 2.17 bits per heavy atom. The second-order valence-corrected chi connectivity index (χ2v) is 7.88. The highest BCUT2D eigenvalue weighted by atomic mass is 32.1. The minimum absolute atomic E-state index is 0.178. The standard InChI is InChI=1S/C18H23N3O2S/c1-11-16(24-13(3)19-11)10-21-9-5-6-15(18(21)23)17(22)20(4)12(2)14-7-8-14/h5-6,9,12,14H,7-8,10H2,1-4H3/t12-/m0/s1. The van der Waals surface area contributed by atoms with Gasteiger partial charge in [-0.05, 0) is 51.7 Å². The molecule has 1 saturated carbocycles. The van der Waals surface area contributed by atoms with E-state index in [1.807, 2.05) is 13.8 Å². The van der Waals surface area contributed by atoms with Crippen molar-refractivity contribution in [2.24, 2.45) is 5.92 Å². The average molecular weight is 345 g/mol. The van der Waals surface area contributed by atoms with Crippen LogP contribution < -0.4 is 5.56 Å². The van der Waals surface area contributed by atoms with Gasteiger partial charge in [0.05, 0.1) is 17.2 Å². The molecule has 5 nitrogen and oxygen atoms in total. The van der Waals surface area contributed by atoms with Crippen LogP contribution in [0.4, 0.5) is 0 Å². The normalized spacial score (nSPS) is 15.3. The van der Waals surface area contributed by atoms with E-state index in [4.69, 9.17) is 0 Å². The summed E-state index contributed by atoms with van der Waals surface area (Å²) in [6, 6.07) is 3.58. The van der Waals surface area contributed by atoms with E-state index in [-0.39, 0.29) is 23.1 Å². The topological polar surface area (TPSA) is 55.2 Å². The van der Waals surface area contributed by atoms with E-state index in [0.717, 1.165) is 15.6 Å². The molecule has 0 N–H and O–H groups in total. The van der Waals surface area contributed by atoms with E-state index in [2.05, 4.69) is 11.9 Å². The number of amides is 1. The van der Waals surface area contributed by atoms with Gasteiger partial charge in [-0.15, -0.1) is 11.3 Å². The number of rotatable bonds is 5. The monoisotopic (exact) mass is 345 g/mol. The van der Waals surface area contributed by atoms with E-state index in [1.165, 1.54) is 12.8 Å². The third kappa shape index (κ3) is 3.29. The molecule has 2 aromatic rings. The Balaban J connectivity index is 1.86. The number of aryl methyl sites for hydroxylation is 2. The number of pyridine rings is 1. The Hall–Kier alpha value is -1.95. The first-order valence-electron chi connectivity index (χ1n) is 8.28. The van der Waals surface area contributed by atoms with Gasteiger partial charge in [0, 0.05) is 24.2 Å². The van der Waals surface area contributed by atoms with Crippen LogP contribution in [-0.2, 0) is 6.54 Å². The summed E-state index contributed by atoms with van der Waals surface area (Å²) in [5.41, 5.74) is 0.954. The van der Waals surface area contributed by atoms with E-state index in [1.54, 1.807) is 46.2 Å². The number of aromatic nitrogens is 2. The summed E-state index contributed by atoms with van der Waals surface area (Å²) >= 11 is 1.59. The van der Waals surface area contributed by atoms with Crippen molar-refractivity contribution in [1.29, 1.82) is 0 Å². The number of thiazole rings is 1. The first-order chi connectivity index (χ1) is 11.4. The van der Waals surface area contributed by atoms with E-state index >= 15 is 0 Å². The van der Waals surface area contributed by atoms with Crippen LogP contribution in [0, 0.1) is 19.8 Å². The van der Waals surface area contributed by atoms with Crippen LogP contribution in [0.3, 0.4) is 0 Å². The Labute approximate surface area is 146 Å². The van der Waals surface area contributed by atoms with Gasteiger partial charge in [0.25, 0.3) is 11.5 Å². The molecular weight excluding hydrogens is 322 g/mol. The van der Waals surface area contributed by atoms with Crippen molar-refractivity contribution >= 4 is 17.2 Å². The summed E-state index contributed by atoms with van der Waals surface area (Å²) in [6.45, 7) is 6.42. The molecule has 1 amide bonds. The summed E-state index contributed by atoms with van der Waals surface area (Å²) in [6.07, 6.45) is 4.07. The van der Waals surface area contributed by atoms with Gasteiger partial charge in [0.15, 0.2) is 0 Å². The molecule has 0 bridgehead atoms. The van der Waals surface area contributed by atoms with Gasteiger partial charge in [-0.2, -0.15) is 0 Å². The number of hydrogen-bond acceptors (Lipinski definition) is 4. The van der Waals surface area contributed by atoms with Crippen LogP contribution >= 0.6 is 11.3 Å². The molecule has 1 aliphatic carbocycles. The smallest absolute Gasteiger partial charge is 0.263 e. The lowest BCUT2D eigenvalue weighted by atomic mass is 10.1. The molecule has 24 heavy (non-hydrogen) atoms. The lowest BCUT2D eigenvalue weighted by Gasteiger charge is -2.24. The van der Waals surface area contributed by atoms with Crippen molar-refractivity contribution in [2.45, 2.75) is 46.2 Å². The van der Waals surface area contributed by atoms with E-state index < -0.39 is 0 Å². The Bertz CT molecular complexity index is 820. The molecule has 1 fully saturated rings. The number of hydrogen-bond donors (Lipinski definition) is 0. The third-order valence-corrected chi connectivity index (χ3v) is 5.86. The minimum atomic E-state index is -0.234. The highest BCUT2D eigenvalue weighted by Gasteiger charge is 2.33. The lowest BCUT2D eigenvalue weighted by Crippen LogP contribution is -2.40. The predicted molar refractivity (Wildman–Crippen MR) is 95.7 cm³/mol. The number of nitrogens with zero attached hydrogens (tertiary/aromatic N) is 3. The summed E-state index contributed by atoms with van der Waals surface area (Å²) < 4.78 is 1.60. The van der Waals surface area contributed by atoms with Crippen molar-refractivity contribution in [2.75, 3.05) is 7.05 Å². The van der Waals surface area contributed by atoms with Gasteiger partial charge >= 0.3 is 0 Å². The summed E-state index contributed by atoms with van der Waals surface area (Å²) in [5, 5.41) is 0.987. The number of carbonyl (C=O) groups is 1.